The Hall–Kier alpha value is -2.38. The molecule has 2 aromatic rings. The number of carbonyl (C=O) groups is 2. The maximum absolute atomic E-state index is 12.7. The van der Waals surface area contributed by atoms with Gasteiger partial charge in [0.1, 0.15) is 0 Å². The second-order valence-corrected chi connectivity index (χ2v) is 7.50. The molecule has 0 atom stereocenters. The van der Waals surface area contributed by atoms with Crippen molar-refractivity contribution < 1.29 is 9.59 Å². The Labute approximate surface area is 180 Å². The molecule has 9 heteroatoms. The van der Waals surface area contributed by atoms with E-state index in [4.69, 9.17) is 23.2 Å². The summed E-state index contributed by atoms with van der Waals surface area (Å²) in [6.07, 6.45) is 3.59. The summed E-state index contributed by atoms with van der Waals surface area (Å²) in [6.45, 7) is 6.73. The van der Waals surface area contributed by atoms with E-state index in [-0.39, 0.29) is 21.6 Å². The second kappa shape index (κ2) is 9.41. The predicted octanol–water partition coefficient (Wildman–Crippen LogP) is 4.12. The number of hydrogen-bond donors (Lipinski definition) is 1. The van der Waals surface area contributed by atoms with E-state index in [0.29, 0.717) is 30.3 Å². The van der Waals surface area contributed by atoms with E-state index < -0.39 is 5.91 Å². The van der Waals surface area contributed by atoms with E-state index in [1.807, 2.05) is 18.7 Å². The normalized spacial score (nSPS) is 13.4. The number of halogens is 2. The lowest BCUT2D eigenvalue weighted by Crippen LogP contribution is -2.30. The lowest BCUT2D eigenvalue weighted by atomic mass is 10.1. The first-order chi connectivity index (χ1) is 13.9. The number of carbonyl (C=O) groups excluding carboxylic acids is 2. The Kier molecular flexibility index (Phi) is 6.92. The van der Waals surface area contributed by atoms with Gasteiger partial charge in [-0.2, -0.15) is 0 Å². The number of amides is 2. The van der Waals surface area contributed by atoms with Crippen molar-refractivity contribution in [2.24, 2.45) is 0 Å². The van der Waals surface area contributed by atoms with E-state index in [9.17, 15) is 9.59 Å². The molecule has 154 valence electrons. The van der Waals surface area contributed by atoms with Crippen molar-refractivity contribution >= 4 is 46.7 Å². The summed E-state index contributed by atoms with van der Waals surface area (Å²) in [7, 11) is 0. The molecule has 1 aliphatic rings. The fourth-order valence-corrected chi connectivity index (χ4v) is 3.66. The highest BCUT2D eigenvalue weighted by Crippen LogP contribution is 2.24. The Morgan fingerprint density at radius 3 is 2.45 bits per heavy atom. The van der Waals surface area contributed by atoms with Gasteiger partial charge in [0, 0.05) is 31.9 Å². The van der Waals surface area contributed by atoms with Gasteiger partial charge >= 0.3 is 0 Å². The molecule has 1 N–H and O–H groups in total. The first kappa shape index (κ1) is 21.3. The van der Waals surface area contributed by atoms with Crippen LogP contribution in [0.5, 0.6) is 0 Å². The molecule has 2 heterocycles. The average Bonchev–Trinajstić information content (AvgIpc) is 3.24. The zero-order valence-corrected chi connectivity index (χ0v) is 17.9. The van der Waals surface area contributed by atoms with E-state index in [1.165, 1.54) is 6.20 Å². The quantitative estimate of drug-likeness (QED) is 0.737. The minimum atomic E-state index is -0.461. The number of nitrogens with zero attached hydrogens (tertiary/aromatic N) is 4. The van der Waals surface area contributed by atoms with Crippen LogP contribution in [0.2, 0.25) is 10.0 Å². The molecule has 1 saturated heterocycles. The van der Waals surface area contributed by atoms with Crippen molar-refractivity contribution in [1.29, 1.82) is 0 Å². The Morgan fingerprint density at radius 2 is 1.83 bits per heavy atom. The van der Waals surface area contributed by atoms with Crippen LogP contribution in [0.1, 0.15) is 47.5 Å². The van der Waals surface area contributed by atoms with E-state index in [1.54, 1.807) is 23.1 Å². The summed E-state index contributed by atoms with van der Waals surface area (Å²) >= 11 is 12.4. The number of nitrogens with one attached hydrogen (secondary N) is 1. The molecule has 0 spiro atoms. The second-order valence-electron chi connectivity index (χ2n) is 6.69. The lowest BCUT2D eigenvalue weighted by molar-refractivity contribution is 0.0773. The largest absolute Gasteiger partial charge is 0.341 e. The van der Waals surface area contributed by atoms with Gasteiger partial charge in [-0.3, -0.25) is 9.59 Å². The molecule has 0 unspecified atom stereocenters. The van der Waals surface area contributed by atoms with Crippen LogP contribution < -0.4 is 10.2 Å². The molecule has 3 rings (SSSR count). The zero-order valence-electron chi connectivity index (χ0n) is 16.4. The van der Waals surface area contributed by atoms with Crippen LogP contribution in [-0.4, -0.2) is 52.9 Å². The molecule has 0 saturated carbocycles. The van der Waals surface area contributed by atoms with Crippen LogP contribution in [-0.2, 0) is 0 Å². The molecule has 29 heavy (non-hydrogen) atoms. The molecule has 1 aliphatic heterocycles. The number of aromatic nitrogens is 2. The van der Waals surface area contributed by atoms with Gasteiger partial charge in [-0.1, -0.05) is 23.2 Å². The summed E-state index contributed by atoms with van der Waals surface area (Å²) in [5.74, 6) is -0.112. The topological polar surface area (TPSA) is 78.4 Å². The monoisotopic (exact) mass is 435 g/mol. The van der Waals surface area contributed by atoms with E-state index >= 15 is 0 Å². The summed E-state index contributed by atoms with van der Waals surface area (Å²) < 4.78 is 0. The van der Waals surface area contributed by atoms with Crippen LogP contribution >= 0.6 is 23.2 Å². The SMILES string of the molecule is CCN(CC)C(=O)c1ccc(NC(=O)c2nc(N3CCCC3)ncc2Cl)cc1Cl. The molecule has 7 nitrogen and oxygen atoms in total. The van der Waals surface area contributed by atoms with Crippen molar-refractivity contribution in [1.82, 2.24) is 14.9 Å². The fraction of sp³-hybridized carbons (Fsp3) is 0.400. The maximum atomic E-state index is 12.7. The van der Waals surface area contributed by atoms with Gasteiger partial charge in [0.25, 0.3) is 11.8 Å². The fourth-order valence-electron chi connectivity index (χ4n) is 3.22. The number of rotatable bonds is 6. The Bertz CT molecular complexity index is 912. The summed E-state index contributed by atoms with van der Waals surface area (Å²) in [5.41, 5.74) is 0.946. The van der Waals surface area contributed by atoms with E-state index in [0.717, 1.165) is 25.9 Å². The van der Waals surface area contributed by atoms with Gasteiger partial charge in [0.15, 0.2) is 5.69 Å². The summed E-state index contributed by atoms with van der Waals surface area (Å²) in [4.78, 5) is 37.5. The number of hydrogen-bond acceptors (Lipinski definition) is 5. The van der Waals surface area contributed by atoms with Crippen molar-refractivity contribution in [3.63, 3.8) is 0 Å². The van der Waals surface area contributed by atoms with Gasteiger partial charge in [-0.15, -0.1) is 0 Å². The standard InChI is InChI=1S/C20H23Cl2N5O2/c1-3-26(4-2)19(29)14-8-7-13(11-15(14)21)24-18(28)17-16(22)12-23-20(25-17)27-9-5-6-10-27/h7-8,11-12H,3-6,9-10H2,1-2H3,(H,24,28). The van der Waals surface area contributed by atoms with E-state index in [2.05, 4.69) is 15.3 Å². The van der Waals surface area contributed by atoms with Gasteiger partial charge in [-0.05, 0) is 44.9 Å². The predicted molar refractivity (Wildman–Crippen MR) is 115 cm³/mol. The van der Waals surface area contributed by atoms with Crippen LogP contribution in [0.3, 0.4) is 0 Å². The van der Waals surface area contributed by atoms with Crippen molar-refractivity contribution in [2.75, 3.05) is 36.4 Å². The lowest BCUT2D eigenvalue weighted by Gasteiger charge is -2.19. The molecule has 1 aromatic heterocycles. The minimum Gasteiger partial charge on any atom is -0.341 e. The van der Waals surface area contributed by atoms with Crippen LogP contribution in [0, 0.1) is 0 Å². The zero-order chi connectivity index (χ0) is 21.0. The highest BCUT2D eigenvalue weighted by Gasteiger charge is 2.21. The molecule has 1 fully saturated rings. The number of benzene rings is 1. The van der Waals surface area contributed by atoms with Gasteiger partial charge < -0.3 is 15.1 Å². The van der Waals surface area contributed by atoms with Gasteiger partial charge in [0.2, 0.25) is 5.95 Å². The average molecular weight is 436 g/mol. The van der Waals surface area contributed by atoms with Crippen LogP contribution in [0.15, 0.2) is 24.4 Å². The van der Waals surface area contributed by atoms with Gasteiger partial charge in [-0.25, -0.2) is 9.97 Å². The molecule has 1 aromatic carbocycles. The summed E-state index contributed by atoms with van der Waals surface area (Å²) in [5, 5.41) is 3.18. The molecule has 0 radical (unpaired) electrons. The summed E-state index contributed by atoms with van der Waals surface area (Å²) in [6, 6.07) is 4.79. The first-order valence-electron chi connectivity index (χ1n) is 9.62. The van der Waals surface area contributed by atoms with Gasteiger partial charge in [0.05, 0.1) is 21.8 Å². The van der Waals surface area contributed by atoms with Crippen molar-refractivity contribution in [2.45, 2.75) is 26.7 Å². The van der Waals surface area contributed by atoms with Crippen LogP contribution in [0.25, 0.3) is 0 Å². The third kappa shape index (κ3) is 4.79. The highest BCUT2D eigenvalue weighted by molar-refractivity contribution is 6.35. The first-order valence-corrected chi connectivity index (χ1v) is 10.4. The number of anilines is 2. The Morgan fingerprint density at radius 1 is 1.14 bits per heavy atom. The third-order valence-electron chi connectivity index (χ3n) is 4.84. The molecular formula is C20H23Cl2N5O2. The molecular weight excluding hydrogens is 413 g/mol. The smallest absolute Gasteiger partial charge is 0.276 e. The Balaban J connectivity index is 1.78. The van der Waals surface area contributed by atoms with Crippen molar-refractivity contribution in [3.05, 3.63) is 45.7 Å². The molecule has 0 aliphatic carbocycles. The highest BCUT2D eigenvalue weighted by atomic mass is 35.5. The molecule has 0 bridgehead atoms. The third-order valence-corrected chi connectivity index (χ3v) is 5.43. The molecule has 2 amide bonds. The van der Waals surface area contributed by atoms with Crippen LogP contribution in [0.4, 0.5) is 11.6 Å². The minimum absolute atomic E-state index is 0.1000. The maximum Gasteiger partial charge on any atom is 0.276 e. The van der Waals surface area contributed by atoms with Crippen molar-refractivity contribution in [3.8, 4) is 0 Å².